The summed E-state index contributed by atoms with van der Waals surface area (Å²) in [6.45, 7) is 0. The number of para-hydroxylation sites is 2. The van der Waals surface area contributed by atoms with Gasteiger partial charge in [0.15, 0.2) is 11.5 Å². The van der Waals surface area contributed by atoms with E-state index in [1.165, 1.54) is 12.1 Å². The normalized spacial score (nSPS) is 14.7. The van der Waals surface area contributed by atoms with Crippen molar-refractivity contribution in [3.8, 4) is 11.5 Å². The van der Waals surface area contributed by atoms with Crippen LogP contribution >= 0.6 is 19.2 Å². The molecular weight excluding hydrogens is 227 g/mol. The van der Waals surface area contributed by atoms with Crippen molar-refractivity contribution in [1.29, 1.82) is 0 Å². The third-order valence-electron chi connectivity index (χ3n) is 1.47. The van der Waals surface area contributed by atoms with Crippen LogP contribution in [0.15, 0.2) is 24.3 Å². The van der Waals surface area contributed by atoms with E-state index in [4.69, 9.17) is 16.1 Å². The Labute approximate surface area is 86.6 Å². The highest BCUT2D eigenvalue weighted by Crippen LogP contribution is 2.44. The average molecular weight is 237 g/mol. The summed E-state index contributed by atoms with van der Waals surface area (Å²) in [5.74, 6) is -0.152. The van der Waals surface area contributed by atoms with E-state index in [9.17, 15) is 14.6 Å². The van der Waals surface area contributed by atoms with Gasteiger partial charge in [-0.3, -0.25) is 0 Å². The molecule has 2 N–H and O–H groups in total. The highest BCUT2D eigenvalue weighted by molar-refractivity contribution is 7.53. The molecule has 0 aliphatic carbocycles. The van der Waals surface area contributed by atoms with Crippen LogP contribution in [0.3, 0.4) is 0 Å². The predicted octanol–water partition coefficient (Wildman–Crippen LogP) is 2.20. The lowest BCUT2D eigenvalue weighted by Gasteiger charge is -2.12. The topological polar surface area (TPSA) is 66.8 Å². The number of hydrogen-bond donors (Lipinski definition) is 2. The monoisotopic (exact) mass is 236 g/mol. The Hall–Kier alpha value is -0.700. The van der Waals surface area contributed by atoms with Gasteiger partial charge in [0, 0.05) is 5.88 Å². The largest absolute Gasteiger partial charge is 0.504 e. The molecule has 1 atom stereocenters. The number of halogens is 1. The van der Waals surface area contributed by atoms with Gasteiger partial charge in [-0.2, -0.15) is 0 Å². The first kappa shape index (κ1) is 11.4. The van der Waals surface area contributed by atoms with Gasteiger partial charge in [-0.1, -0.05) is 12.1 Å². The number of alkyl halides is 1. The average Bonchev–Trinajstić information content (AvgIpc) is 2.08. The first-order valence-electron chi connectivity index (χ1n) is 3.90. The second kappa shape index (κ2) is 4.69. The summed E-state index contributed by atoms with van der Waals surface area (Å²) in [6.07, 6.45) is -0.150. The summed E-state index contributed by atoms with van der Waals surface area (Å²) < 4.78 is 16.0. The van der Waals surface area contributed by atoms with E-state index in [2.05, 4.69) is 0 Å². The first-order valence-corrected chi connectivity index (χ1v) is 6.20. The molecule has 0 saturated carbocycles. The van der Waals surface area contributed by atoms with E-state index in [0.717, 1.165) is 0 Å². The van der Waals surface area contributed by atoms with Gasteiger partial charge in [-0.15, -0.1) is 11.6 Å². The fourth-order valence-electron chi connectivity index (χ4n) is 0.840. The molecule has 14 heavy (non-hydrogen) atoms. The quantitative estimate of drug-likeness (QED) is 0.621. The number of aromatic hydroxyl groups is 1. The Bertz CT molecular complexity index is 355. The van der Waals surface area contributed by atoms with Gasteiger partial charge in [0.2, 0.25) is 0 Å². The Morgan fingerprint density at radius 2 is 2.07 bits per heavy atom. The van der Waals surface area contributed by atoms with Crippen LogP contribution in [0.5, 0.6) is 11.5 Å². The molecule has 0 aromatic heterocycles. The molecule has 0 radical (unpaired) electrons. The zero-order chi connectivity index (χ0) is 10.6. The zero-order valence-corrected chi connectivity index (χ0v) is 8.91. The van der Waals surface area contributed by atoms with Crippen molar-refractivity contribution in [2.45, 2.75) is 0 Å². The van der Waals surface area contributed by atoms with Crippen molar-refractivity contribution >= 4 is 19.2 Å². The van der Waals surface area contributed by atoms with Crippen molar-refractivity contribution in [3.05, 3.63) is 24.3 Å². The SMILES string of the molecule is O=P(O)(CCCl)Oc1ccccc1O. The van der Waals surface area contributed by atoms with Crippen molar-refractivity contribution in [3.63, 3.8) is 0 Å². The number of hydrogen-bond acceptors (Lipinski definition) is 3. The zero-order valence-electron chi connectivity index (χ0n) is 7.26. The maximum Gasteiger partial charge on any atom is 0.377 e. The molecule has 4 nitrogen and oxygen atoms in total. The van der Waals surface area contributed by atoms with E-state index < -0.39 is 7.60 Å². The molecule has 1 aromatic rings. The molecule has 1 aromatic carbocycles. The minimum absolute atomic E-state index is 0.0107. The highest BCUT2D eigenvalue weighted by atomic mass is 35.5. The smallest absolute Gasteiger partial charge is 0.377 e. The fourth-order valence-corrected chi connectivity index (χ4v) is 2.25. The van der Waals surface area contributed by atoms with Gasteiger partial charge in [-0.05, 0) is 12.1 Å². The Balaban J connectivity index is 2.78. The lowest BCUT2D eigenvalue weighted by Crippen LogP contribution is -1.98. The van der Waals surface area contributed by atoms with Crippen LogP contribution in [-0.4, -0.2) is 22.0 Å². The molecular formula is C8H10ClO4P. The number of phenolic OH excluding ortho intramolecular Hbond substituents is 1. The van der Waals surface area contributed by atoms with E-state index >= 15 is 0 Å². The van der Waals surface area contributed by atoms with Gasteiger partial charge < -0.3 is 14.5 Å². The van der Waals surface area contributed by atoms with Crippen LogP contribution in [0.1, 0.15) is 0 Å². The van der Waals surface area contributed by atoms with Gasteiger partial charge in [-0.25, -0.2) is 4.57 Å². The lowest BCUT2D eigenvalue weighted by molar-refractivity contribution is 0.366. The lowest BCUT2D eigenvalue weighted by atomic mass is 10.3. The standard InChI is InChI=1S/C8H10ClO4P/c9-5-6-14(11,12)13-8-4-2-1-3-7(8)10/h1-4,10H,5-6H2,(H,11,12). The maximum atomic E-state index is 11.3. The molecule has 0 bridgehead atoms. The third-order valence-corrected chi connectivity index (χ3v) is 3.20. The van der Waals surface area contributed by atoms with E-state index in [1.54, 1.807) is 12.1 Å². The third kappa shape index (κ3) is 3.22. The summed E-state index contributed by atoms with van der Waals surface area (Å²) in [5.41, 5.74) is 0. The van der Waals surface area contributed by atoms with E-state index in [-0.39, 0.29) is 23.5 Å². The summed E-state index contributed by atoms with van der Waals surface area (Å²) in [7, 11) is -3.73. The van der Waals surface area contributed by atoms with Crippen molar-refractivity contribution < 1.29 is 19.1 Å². The Morgan fingerprint density at radius 1 is 1.43 bits per heavy atom. The van der Waals surface area contributed by atoms with Crippen LogP contribution in [0, 0.1) is 0 Å². The number of rotatable bonds is 4. The minimum Gasteiger partial charge on any atom is -0.504 e. The second-order valence-corrected chi connectivity index (χ2v) is 4.89. The van der Waals surface area contributed by atoms with Crippen LogP contribution in [-0.2, 0) is 4.57 Å². The van der Waals surface area contributed by atoms with Crippen LogP contribution in [0.2, 0.25) is 0 Å². The van der Waals surface area contributed by atoms with Gasteiger partial charge in [0.1, 0.15) is 0 Å². The van der Waals surface area contributed by atoms with Crippen LogP contribution in [0.25, 0.3) is 0 Å². The molecule has 1 unspecified atom stereocenters. The molecule has 6 heteroatoms. The Morgan fingerprint density at radius 3 is 2.64 bits per heavy atom. The minimum atomic E-state index is -3.73. The van der Waals surface area contributed by atoms with Gasteiger partial charge >= 0.3 is 7.60 Å². The molecule has 0 fully saturated rings. The van der Waals surface area contributed by atoms with Crippen molar-refractivity contribution in [2.75, 3.05) is 12.0 Å². The van der Waals surface area contributed by atoms with Crippen molar-refractivity contribution in [2.24, 2.45) is 0 Å². The summed E-state index contributed by atoms with van der Waals surface area (Å²) >= 11 is 5.32. The summed E-state index contributed by atoms with van der Waals surface area (Å²) in [4.78, 5) is 9.23. The van der Waals surface area contributed by atoms with Gasteiger partial charge in [0.05, 0.1) is 6.16 Å². The maximum absolute atomic E-state index is 11.3. The fraction of sp³-hybridized carbons (Fsp3) is 0.250. The van der Waals surface area contributed by atoms with Gasteiger partial charge in [0.25, 0.3) is 0 Å². The molecule has 0 heterocycles. The molecule has 0 aliphatic heterocycles. The summed E-state index contributed by atoms with van der Waals surface area (Å²) in [5, 5.41) is 9.25. The van der Waals surface area contributed by atoms with Crippen LogP contribution in [0.4, 0.5) is 0 Å². The predicted molar refractivity (Wildman–Crippen MR) is 54.1 cm³/mol. The number of benzene rings is 1. The molecule has 0 amide bonds. The number of phenols is 1. The molecule has 0 spiro atoms. The Kier molecular flexibility index (Phi) is 3.81. The van der Waals surface area contributed by atoms with Crippen molar-refractivity contribution in [1.82, 2.24) is 0 Å². The first-order chi connectivity index (χ1) is 6.55. The van der Waals surface area contributed by atoms with Crippen LogP contribution < -0.4 is 4.52 Å². The molecule has 0 aliphatic rings. The van der Waals surface area contributed by atoms with E-state index in [1.807, 2.05) is 0 Å². The highest BCUT2D eigenvalue weighted by Gasteiger charge is 2.21. The second-order valence-electron chi connectivity index (χ2n) is 2.61. The molecule has 1 rings (SSSR count). The molecule has 0 saturated heterocycles. The van der Waals surface area contributed by atoms with E-state index in [0.29, 0.717) is 0 Å². The molecule has 78 valence electrons. The summed E-state index contributed by atoms with van der Waals surface area (Å²) in [6, 6.07) is 5.96.